The van der Waals surface area contributed by atoms with E-state index in [9.17, 15) is 13.2 Å². The highest BCUT2D eigenvalue weighted by molar-refractivity contribution is 5.38. The number of halogens is 3. The molecule has 19 heavy (non-hydrogen) atoms. The summed E-state index contributed by atoms with van der Waals surface area (Å²) in [7, 11) is 0. The molecule has 1 saturated carbocycles. The molecular weight excluding hydrogens is 255 g/mol. The number of piperidine rings is 1. The van der Waals surface area contributed by atoms with Crippen molar-refractivity contribution in [2.24, 2.45) is 11.8 Å². The zero-order valence-corrected chi connectivity index (χ0v) is 10.5. The van der Waals surface area contributed by atoms with Crippen molar-refractivity contribution in [2.45, 2.75) is 31.9 Å². The Balaban J connectivity index is 1.69. The monoisotopic (exact) mass is 271 g/mol. The first-order valence-electron chi connectivity index (χ1n) is 6.64. The van der Waals surface area contributed by atoms with Gasteiger partial charge in [0, 0.05) is 13.1 Å². The minimum absolute atomic E-state index is 0.0174. The molecule has 0 amide bonds. The van der Waals surface area contributed by atoms with Crippen LogP contribution in [0.5, 0.6) is 0 Å². The maximum Gasteiger partial charge on any atom is 0.394 e. The zero-order chi connectivity index (χ0) is 13.5. The van der Waals surface area contributed by atoms with Crippen molar-refractivity contribution in [3.05, 3.63) is 17.8 Å². The molecule has 1 aliphatic carbocycles. The Labute approximate surface area is 109 Å². The number of nitrogens with zero attached hydrogens (tertiary/aromatic N) is 3. The highest BCUT2D eigenvalue weighted by atomic mass is 19.4. The van der Waals surface area contributed by atoms with Crippen molar-refractivity contribution in [1.82, 2.24) is 10.2 Å². The van der Waals surface area contributed by atoms with Crippen molar-refractivity contribution < 1.29 is 13.2 Å². The Morgan fingerprint density at radius 1 is 1.11 bits per heavy atom. The van der Waals surface area contributed by atoms with E-state index in [0.29, 0.717) is 5.82 Å². The highest BCUT2D eigenvalue weighted by Gasteiger charge is 2.33. The van der Waals surface area contributed by atoms with Crippen LogP contribution in [0.2, 0.25) is 0 Å². The summed E-state index contributed by atoms with van der Waals surface area (Å²) in [6, 6.07) is 3.10. The van der Waals surface area contributed by atoms with E-state index in [1.807, 2.05) is 0 Å². The molecule has 3 nitrogen and oxygen atoms in total. The van der Waals surface area contributed by atoms with Gasteiger partial charge in [-0.2, -0.15) is 18.3 Å². The van der Waals surface area contributed by atoms with E-state index in [2.05, 4.69) is 15.1 Å². The molecule has 2 bridgehead atoms. The van der Waals surface area contributed by atoms with E-state index in [4.69, 9.17) is 0 Å². The normalized spacial score (nSPS) is 26.8. The van der Waals surface area contributed by atoms with E-state index in [1.165, 1.54) is 25.3 Å². The molecule has 2 heterocycles. The SMILES string of the molecule is FC(F)(F)Cc1ccc(N2CC3CCC(C3)C2)nn1. The van der Waals surface area contributed by atoms with Gasteiger partial charge in [-0.3, -0.25) is 0 Å². The Morgan fingerprint density at radius 3 is 2.32 bits per heavy atom. The van der Waals surface area contributed by atoms with Gasteiger partial charge in [-0.15, -0.1) is 5.10 Å². The van der Waals surface area contributed by atoms with Crippen LogP contribution in [0.3, 0.4) is 0 Å². The zero-order valence-electron chi connectivity index (χ0n) is 10.5. The molecule has 2 fully saturated rings. The molecule has 2 unspecified atom stereocenters. The van der Waals surface area contributed by atoms with Crippen molar-refractivity contribution >= 4 is 5.82 Å². The predicted octanol–water partition coefficient (Wildman–Crippen LogP) is 2.82. The molecule has 0 radical (unpaired) electrons. The van der Waals surface area contributed by atoms with Crippen LogP contribution in [0.4, 0.5) is 19.0 Å². The maximum atomic E-state index is 12.2. The van der Waals surface area contributed by atoms with Gasteiger partial charge in [0.1, 0.15) is 0 Å². The van der Waals surface area contributed by atoms with E-state index >= 15 is 0 Å². The third-order valence-corrected chi connectivity index (χ3v) is 4.02. The lowest BCUT2D eigenvalue weighted by atomic mass is 9.99. The second kappa shape index (κ2) is 4.65. The number of anilines is 1. The molecule has 1 aromatic rings. The van der Waals surface area contributed by atoms with Crippen LogP contribution in [0.25, 0.3) is 0 Å². The van der Waals surface area contributed by atoms with Crippen LogP contribution in [0.1, 0.15) is 25.0 Å². The molecule has 0 spiro atoms. The number of hydrogen-bond acceptors (Lipinski definition) is 3. The lowest BCUT2D eigenvalue weighted by Crippen LogP contribution is -2.37. The maximum absolute atomic E-state index is 12.2. The first-order valence-corrected chi connectivity index (χ1v) is 6.64. The third kappa shape index (κ3) is 2.98. The summed E-state index contributed by atoms with van der Waals surface area (Å²) < 4.78 is 36.7. The fourth-order valence-corrected chi connectivity index (χ4v) is 3.22. The minimum Gasteiger partial charge on any atom is -0.355 e. The van der Waals surface area contributed by atoms with Gasteiger partial charge < -0.3 is 4.90 Å². The smallest absolute Gasteiger partial charge is 0.355 e. The topological polar surface area (TPSA) is 29.0 Å². The number of aromatic nitrogens is 2. The minimum atomic E-state index is -4.22. The Hall–Kier alpha value is -1.33. The van der Waals surface area contributed by atoms with Gasteiger partial charge in [-0.25, -0.2) is 0 Å². The number of rotatable bonds is 2. The quantitative estimate of drug-likeness (QED) is 0.828. The van der Waals surface area contributed by atoms with Crippen molar-refractivity contribution in [1.29, 1.82) is 0 Å². The summed E-state index contributed by atoms with van der Waals surface area (Å²) in [4.78, 5) is 2.16. The molecule has 0 aromatic carbocycles. The van der Waals surface area contributed by atoms with Crippen molar-refractivity contribution in [3.8, 4) is 0 Å². The van der Waals surface area contributed by atoms with Gasteiger partial charge in [0.05, 0.1) is 12.1 Å². The molecule has 2 atom stereocenters. The fourth-order valence-electron chi connectivity index (χ4n) is 3.22. The van der Waals surface area contributed by atoms with Crippen LogP contribution in [-0.2, 0) is 6.42 Å². The Kier molecular flexibility index (Phi) is 3.11. The molecule has 1 aliphatic heterocycles. The molecule has 1 aromatic heterocycles. The second-order valence-corrected chi connectivity index (χ2v) is 5.62. The summed E-state index contributed by atoms with van der Waals surface area (Å²) in [5.41, 5.74) is -0.0174. The Morgan fingerprint density at radius 2 is 1.79 bits per heavy atom. The summed E-state index contributed by atoms with van der Waals surface area (Å²) in [5.74, 6) is 2.15. The number of hydrogen-bond donors (Lipinski definition) is 0. The summed E-state index contributed by atoms with van der Waals surface area (Å²) in [6.45, 7) is 1.92. The van der Waals surface area contributed by atoms with Crippen molar-refractivity contribution in [2.75, 3.05) is 18.0 Å². The van der Waals surface area contributed by atoms with Crippen molar-refractivity contribution in [3.63, 3.8) is 0 Å². The van der Waals surface area contributed by atoms with E-state index < -0.39 is 12.6 Å². The predicted molar refractivity (Wildman–Crippen MR) is 64.8 cm³/mol. The lowest BCUT2D eigenvalue weighted by molar-refractivity contribution is -0.127. The van der Waals surface area contributed by atoms with Gasteiger partial charge in [-0.05, 0) is 43.2 Å². The summed E-state index contributed by atoms with van der Waals surface area (Å²) >= 11 is 0. The van der Waals surface area contributed by atoms with Gasteiger partial charge in [0.15, 0.2) is 5.82 Å². The number of alkyl halides is 3. The molecule has 1 saturated heterocycles. The standard InChI is InChI=1S/C13H16F3N3/c14-13(15,16)6-11-3-4-12(18-17-11)19-7-9-1-2-10(5-9)8-19/h3-4,9-10H,1-2,5-8H2. The molecule has 6 heteroatoms. The van der Waals surface area contributed by atoms with Gasteiger partial charge >= 0.3 is 6.18 Å². The summed E-state index contributed by atoms with van der Waals surface area (Å²) in [5, 5.41) is 7.66. The van der Waals surface area contributed by atoms with E-state index in [1.54, 1.807) is 6.07 Å². The second-order valence-electron chi connectivity index (χ2n) is 5.62. The average molecular weight is 271 g/mol. The first-order chi connectivity index (χ1) is 8.99. The lowest BCUT2D eigenvalue weighted by Gasteiger charge is -2.32. The van der Waals surface area contributed by atoms with Crippen LogP contribution in [-0.4, -0.2) is 29.5 Å². The van der Waals surface area contributed by atoms with Crippen LogP contribution in [0, 0.1) is 11.8 Å². The average Bonchev–Trinajstić information content (AvgIpc) is 2.67. The van der Waals surface area contributed by atoms with Crippen LogP contribution < -0.4 is 4.90 Å². The fraction of sp³-hybridized carbons (Fsp3) is 0.692. The molecule has 104 valence electrons. The van der Waals surface area contributed by atoms with E-state index in [-0.39, 0.29) is 5.69 Å². The largest absolute Gasteiger partial charge is 0.394 e. The third-order valence-electron chi connectivity index (χ3n) is 4.02. The van der Waals surface area contributed by atoms with Gasteiger partial charge in [0.2, 0.25) is 0 Å². The van der Waals surface area contributed by atoms with Gasteiger partial charge in [-0.1, -0.05) is 0 Å². The summed E-state index contributed by atoms with van der Waals surface area (Å²) in [6.07, 6.45) is -1.41. The molecular formula is C13H16F3N3. The van der Waals surface area contributed by atoms with Crippen LogP contribution in [0.15, 0.2) is 12.1 Å². The molecule has 2 aliphatic rings. The highest BCUT2D eigenvalue weighted by Crippen LogP contribution is 2.37. The molecule has 3 rings (SSSR count). The van der Waals surface area contributed by atoms with Gasteiger partial charge in [0.25, 0.3) is 0 Å². The molecule has 0 N–H and O–H groups in total. The number of fused-ring (bicyclic) bond motifs is 2. The Bertz CT molecular complexity index is 431. The van der Waals surface area contributed by atoms with Crippen LogP contribution >= 0.6 is 0 Å². The first kappa shape index (κ1) is 12.7. The van der Waals surface area contributed by atoms with E-state index in [0.717, 1.165) is 24.9 Å².